The molecule has 0 amide bonds. The third kappa shape index (κ3) is 3.07. The van der Waals surface area contributed by atoms with Gasteiger partial charge in [0, 0.05) is 18.0 Å². The van der Waals surface area contributed by atoms with Gasteiger partial charge in [0.2, 0.25) is 0 Å². The van der Waals surface area contributed by atoms with Crippen LogP contribution in [0.5, 0.6) is 0 Å². The van der Waals surface area contributed by atoms with Gasteiger partial charge in [0.1, 0.15) is 0 Å². The minimum atomic E-state index is 1.14. The third-order valence-electron chi connectivity index (χ3n) is 6.14. The molecular formula is C31H21N. The van der Waals surface area contributed by atoms with E-state index in [1.165, 1.54) is 49.4 Å². The number of hydrogen-bond acceptors (Lipinski definition) is 1. The summed E-state index contributed by atoms with van der Waals surface area (Å²) in [6.45, 7) is 0. The van der Waals surface area contributed by atoms with Gasteiger partial charge in [-0.15, -0.1) is 0 Å². The Bertz CT molecular complexity index is 1490. The van der Waals surface area contributed by atoms with E-state index in [1.54, 1.807) is 0 Å². The van der Waals surface area contributed by atoms with Crippen molar-refractivity contribution in [1.82, 2.24) is 4.98 Å². The molecule has 0 fully saturated rings. The van der Waals surface area contributed by atoms with Crippen LogP contribution in [0.3, 0.4) is 0 Å². The zero-order valence-corrected chi connectivity index (χ0v) is 17.6. The lowest BCUT2D eigenvalue weighted by Crippen LogP contribution is -1.91. The van der Waals surface area contributed by atoms with E-state index < -0.39 is 0 Å². The molecule has 0 saturated carbocycles. The van der Waals surface area contributed by atoms with E-state index in [1.807, 2.05) is 18.5 Å². The molecule has 1 aromatic heterocycles. The largest absolute Gasteiger partial charge is 0.264 e. The quantitative estimate of drug-likeness (QED) is 0.268. The van der Waals surface area contributed by atoms with Crippen LogP contribution in [0.1, 0.15) is 0 Å². The van der Waals surface area contributed by atoms with E-state index in [0.29, 0.717) is 0 Å². The maximum Gasteiger partial charge on any atom is 0.0346 e. The molecule has 0 unspecified atom stereocenters. The number of fused-ring (bicyclic) bond motifs is 2. The van der Waals surface area contributed by atoms with Gasteiger partial charge in [-0.3, -0.25) is 4.98 Å². The highest BCUT2D eigenvalue weighted by atomic mass is 14.6. The fraction of sp³-hybridized carbons (Fsp3) is 0. The van der Waals surface area contributed by atoms with Crippen LogP contribution in [0.25, 0.3) is 54.9 Å². The lowest BCUT2D eigenvalue weighted by molar-refractivity contribution is 1.33. The molecule has 0 bridgehead atoms. The zero-order valence-electron chi connectivity index (χ0n) is 17.6. The summed E-state index contributed by atoms with van der Waals surface area (Å²) in [6, 6.07) is 41.1. The van der Waals surface area contributed by atoms with Crippen LogP contribution in [0.2, 0.25) is 0 Å². The molecule has 0 N–H and O–H groups in total. The van der Waals surface area contributed by atoms with Gasteiger partial charge < -0.3 is 0 Å². The summed E-state index contributed by atoms with van der Waals surface area (Å²) in [7, 11) is 0. The molecule has 1 heteroatoms. The van der Waals surface area contributed by atoms with Crippen molar-refractivity contribution in [3.63, 3.8) is 0 Å². The van der Waals surface area contributed by atoms with Gasteiger partial charge in [-0.1, -0.05) is 103 Å². The smallest absolute Gasteiger partial charge is 0.0346 e. The summed E-state index contributed by atoms with van der Waals surface area (Å²) in [5, 5.41) is 5.02. The molecule has 0 spiro atoms. The SMILES string of the molecule is c1ccc(-c2cccc(-c3c4ccccc4c(-c4cccnc4)c4ccccc34)c2)cc1. The van der Waals surface area contributed by atoms with Gasteiger partial charge in [0.05, 0.1) is 0 Å². The summed E-state index contributed by atoms with van der Waals surface area (Å²) < 4.78 is 0. The highest BCUT2D eigenvalue weighted by molar-refractivity contribution is 6.21. The first-order valence-corrected chi connectivity index (χ1v) is 10.9. The maximum absolute atomic E-state index is 4.40. The second-order valence-corrected chi connectivity index (χ2v) is 8.03. The minimum absolute atomic E-state index is 1.14. The highest BCUT2D eigenvalue weighted by Crippen LogP contribution is 2.43. The Balaban J connectivity index is 1.71. The molecule has 1 heterocycles. The number of pyridine rings is 1. The van der Waals surface area contributed by atoms with Gasteiger partial charge in [0.25, 0.3) is 0 Å². The van der Waals surface area contributed by atoms with Crippen LogP contribution in [-0.4, -0.2) is 4.98 Å². The number of benzene rings is 5. The predicted molar refractivity (Wildman–Crippen MR) is 136 cm³/mol. The van der Waals surface area contributed by atoms with Crippen LogP contribution in [-0.2, 0) is 0 Å². The predicted octanol–water partition coefficient (Wildman–Crippen LogP) is 8.39. The van der Waals surface area contributed by atoms with Crippen LogP contribution < -0.4 is 0 Å². The minimum Gasteiger partial charge on any atom is -0.264 e. The molecule has 0 aliphatic carbocycles. The van der Waals surface area contributed by atoms with Crippen molar-refractivity contribution in [1.29, 1.82) is 0 Å². The molecular weight excluding hydrogens is 386 g/mol. The number of aromatic nitrogens is 1. The topological polar surface area (TPSA) is 12.9 Å². The Morgan fingerprint density at radius 2 is 0.875 bits per heavy atom. The lowest BCUT2D eigenvalue weighted by Gasteiger charge is -2.18. The maximum atomic E-state index is 4.40. The molecule has 0 atom stereocenters. The van der Waals surface area contributed by atoms with Gasteiger partial charge in [-0.25, -0.2) is 0 Å². The Morgan fingerprint density at radius 3 is 1.47 bits per heavy atom. The average molecular weight is 408 g/mol. The normalized spacial score (nSPS) is 11.1. The highest BCUT2D eigenvalue weighted by Gasteiger charge is 2.16. The molecule has 0 radical (unpaired) electrons. The second kappa shape index (κ2) is 7.79. The van der Waals surface area contributed by atoms with Crippen molar-refractivity contribution in [3.8, 4) is 33.4 Å². The Kier molecular flexibility index (Phi) is 4.51. The standard InChI is InChI=1S/C31H21N/c1-2-10-22(11-3-1)23-12-8-13-24(20-23)30-26-15-4-6-17-28(26)31(25-14-9-19-32-21-25)29-18-7-5-16-27(29)30/h1-21H. The molecule has 5 aromatic carbocycles. The lowest BCUT2D eigenvalue weighted by atomic mass is 9.86. The first kappa shape index (κ1) is 18.5. The van der Waals surface area contributed by atoms with Crippen LogP contribution in [0.4, 0.5) is 0 Å². The Labute approximate surface area is 187 Å². The van der Waals surface area contributed by atoms with Gasteiger partial charge in [0.15, 0.2) is 0 Å². The molecule has 0 aliphatic rings. The monoisotopic (exact) mass is 407 g/mol. The molecule has 6 aromatic rings. The Morgan fingerprint density at radius 1 is 0.375 bits per heavy atom. The molecule has 6 rings (SSSR count). The second-order valence-electron chi connectivity index (χ2n) is 8.03. The molecule has 0 saturated heterocycles. The summed E-state index contributed by atoms with van der Waals surface area (Å²) in [5.41, 5.74) is 7.36. The van der Waals surface area contributed by atoms with Crippen molar-refractivity contribution in [2.24, 2.45) is 0 Å². The van der Waals surface area contributed by atoms with Crippen LogP contribution in [0, 0.1) is 0 Å². The summed E-state index contributed by atoms with van der Waals surface area (Å²) >= 11 is 0. The van der Waals surface area contributed by atoms with E-state index in [0.717, 1.165) is 5.56 Å². The van der Waals surface area contributed by atoms with E-state index in [9.17, 15) is 0 Å². The van der Waals surface area contributed by atoms with Gasteiger partial charge in [-0.2, -0.15) is 0 Å². The van der Waals surface area contributed by atoms with Crippen molar-refractivity contribution < 1.29 is 0 Å². The molecule has 150 valence electrons. The van der Waals surface area contributed by atoms with E-state index >= 15 is 0 Å². The van der Waals surface area contributed by atoms with E-state index in [2.05, 4.69) is 114 Å². The molecule has 1 nitrogen and oxygen atoms in total. The van der Waals surface area contributed by atoms with Crippen molar-refractivity contribution in [2.45, 2.75) is 0 Å². The van der Waals surface area contributed by atoms with E-state index in [-0.39, 0.29) is 0 Å². The average Bonchev–Trinajstić information content (AvgIpc) is 2.88. The molecule has 0 aliphatic heterocycles. The number of rotatable bonds is 3. The van der Waals surface area contributed by atoms with Gasteiger partial charge in [-0.05, 0) is 61.5 Å². The Hall–Kier alpha value is -4.23. The third-order valence-corrected chi connectivity index (χ3v) is 6.14. The first-order chi connectivity index (χ1) is 15.9. The fourth-order valence-electron chi connectivity index (χ4n) is 4.75. The van der Waals surface area contributed by atoms with E-state index in [4.69, 9.17) is 0 Å². The van der Waals surface area contributed by atoms with Crippen molar-refractivity contribution in [2.75, 3.05) is 0 Å². The van der Waals surface area contributed by atoms with Crippen LogP contribution >= 0.6 is 0 Å². The summed E-state index contributed by atoms with van der Waals surface area (Å²) in [6.07, 6.45) is 3.79. The number of hydrogen-bond donors (Lipinski definition) is 0. The number of nitrogens with zero attached hydrogens (tertiary/aromatic N) is 1. The zero-order chi connectivity index (χ0) is 21.3. The van der Waals surface area contributed by atoms with Crippen molar-refractivity contribution in [3.05, 3.63) is 128 Å². The molecule has 32 heavy (non-hydrogen) atoms. The van der Waals surface area contributed by atoms with Crippen LogP contribution in [0.15, 0.2) is 128 Å². The fourth-order valence-corrected chi connectivity index (χ4v) is 4.75. The summed E-state index contributed by atoms with van der Waals surface area (Å²) in [5.74, 6) is 0. The van der Waals surface area contributed by atoms with Crippen molar-refractivity contribution >= 4 is 21.5 Å². The first-order valence-electron chi connectivity index (χ1n) is 10.9. The summed E-state index contributed by atoms with van der Waals surface area (Å²) in [4.78, 5) is 4.40. The van der Waals surface area contributed by atoms with Gasteiger partial charge >= 0.3 is 0 Å².